The number of aliphatic imine (C=N–C) groups is 1. The molecule has 0 atom stereocenters. The average molecular weight is 376 g/mol. The van der Waals surface area contributed by atoms with E-state index >= 15 is 0 Å². The van der Waals surface area contributed by atoms with Gasteiger partial charge in [-0.25, -0.2) is 4.98 Å². The maximum Gasteiger partial charge on any atom is 0.150 e. The van der Waals surface area contributed by atoms with Crippen LogP contribution in [0.2, 0.25) is 0 Å². The van der Waals surface area contributed by atoms with Gasteiger partial charge in [-0.2, -0.15) is 0 Å². The fourth-order valence-electron chi connectivity index (χ4n) is 2.69. The lowest BCUT2D eigenvalue weighted by Gasteiger charge is -2.11. The summed E-state index contributed by atoms with van der Waals surface area (Å²) in [7, 11) is 1.64. The molecular weight excluding hydrogens is 352 g/mol. The highest BCUT2D eigenvalue weighted by Gasteiger charge is 2.07. The van der Waals surface area contributed by atoms with Crippen LogP contribution in [0.5, 0.6) is 0 Å². The maximum atomic E-state index is 6.09. The van der Waals surface area contributed by atoms with Gasteiger partial charge in [0.1, 0.15) is 5.82 Å². The minimum atomic E-state index is 0.553. The van der Waals surface area contributed by atoms with Crippen molar-refractivity contribution >= 4 is 34.2 Å². The highest BCUT2D eigenvalue weighted by Crippen LogP contribution is 2.21. The summed E-state index contributed by atoms with van der Waals surface area (Å²) >= 11 is 0. The van der Waals surface area contributed by atoms with Crippen LogP contribution in [-0.2, 0) is 11.3 Å². The lowest BCUT2D eigenvalue weighted by molar-refractivity contribution is 0.208. The monoisotopic (exact) mass is 376 g/mol. The third-order valence-electron chi connectivity index (χ3n) is 4.18. The number of hydrogen-bond acceptors (Lipinski definition) is 7. The number of fused-ring (bicyclic) bond motifs is 1. The first-order valence-electron chi connectivity index (χ1n) is 8.96. The number of hydrogen-bond donors (Lipinski definition) is 3. The molecule has 2 heterocycles. The van der Waals surface area contributed by atoms with Crippen LogP contribution in [0.15, 0.2) is 59.9 Å². The fraction of sp³-hybridized carbons (Fsp3) is 0.190. The third-order valence-corrected chi connectivity index (χ3v) is 4.18. The summed E-state index contributed by atoms with van der Waals surface area (Å²) in [5, 5.41) is 4.40. The largest absolute Gasteiger partial charge is 0.404 e. The molecule has 0 amide bonds. The zero-order valence-electron chi connectivity index (χ0n) is 15.8. The highest BCUT2D eigenvalue weighted by molar-refractivity contribution is 6.09. The van der Waals surface area contributed by atoms with Gasteiger partial charge in [0.25, 0.3) is 0 Å². The van der Waals surface area contributed by atoms with Crippen molar-refractivity contribution in [1.82, 2.24) is 9.97 Å². The Morgan fingerprint density at radius 2 is 2.14 bits per heavy atom. The quantitative estimate of drug-likeness (QED) is 0.412. The van der Waals surface area contributed by atoms with Gasteiger partial charge in [0.15, 0.2) is 0 Å². The first-order chi connectivity index (χ1) is 13.7. The first-order valence-corrected chi connectivity index (χ1v) is 8.96. The molecular formula is C21H24N6O. The van der Waals surface area contributed by atoms with E-state index in [0.29, 0.717) is 36.9 Å². The molecule has 0 fully saturated rings. The van der Waals surface area contributed by atoms with Crippen molar-refractivity contribution in [2.75, 3.05) is 31.3 Å². The van der Waals surface area contributed by atoms with Crippen LogP contribution in [0.4, 0.5) is 11.5 Å². The van der Waals surface area contributed by atoms with Gasteiger partial charge in [-0.05, 0) is 35.9 Å². The number of anilines is 2. The standard InChI is InChI=1S/C21H24N6O/c1-28-10-9-24-14-17(12-22)20-7-5-18(23)21(27-20)26-13-15-4-6-19-16(11-15)3-2-8-25-19/h2-8,11-12,14H,9-10,13,22-23H2,1H3,(H,26,27). The van der Waals surface area contributed by atoms with Gasteiger partial charge in [0, 0.05) is 43.2 Å². The molecule has 0 spiro atoms. The van der Waals surface area contributed by atoms with E-state index in [9.17, 15) is 0 Å². The Balaban J connectivity index is 1.74. The second-order valence-corrected chi connectivity index (χ2v) is 6.17. The van der Waals surface area contributed by atoms with Gasteiger partial charge in [-0.3, -0.25) is 9.98 Å². The van der Waals surface area contributed by atoms with Gasteiger partial charge >= 0.3 is 0 Å². The number of nitrogen functional groups attached to an aromatic ring is 1. The Hall–Kier alpha value is -3.45. The average Bonchev–Trinajstić information content (AvgIpc) is 2.73. The van der Waals surface area contributed by atoms with E-state index in [4.69, 9.17) is 16.2 Å². The summed E-state index contributed by atoms with van der Waals surface area (Å²) in [5.74, 6) is 0.605. The van der Waals surface area contributed by atoms with Gasteiger partial charge in [0.2, 0.25) is 0 Å². The van der Waals surface area contributed by atoms with Crippen molar-refractivity contribution in [1.29, 1.82) is 0 Å². The molecule has 2 aromatic heterocycles. The molecule has 144 valence electrons. The Labute approximate surface area is 164 Å². The molecule has 0 aliphatic carbocycles. The number of allylic oxidation sites excluding steroid dienone is 1. The molecule has 0 bridgehead atoms. The Morgan fingerprint density at radius 3 is 2.96 bits per heavy atom. The normalized spacial score (nSPS) is 12.0. The van der Waals surface area contributed by atoms with Crippen molar-refractivity contribution < 1.29 is 4.74 Å². The predicted molar refractivity (Wildman–Crippen MR) is 115 cm³/mol. The summed E-state index contributed by atoms with van der Waals surface area (Å²) in [6, 6.07) is 13.7. The van der Waals surface area contributed by atoms with Crippen molar-refractivity contribution in [2.24, 2.45) is 10.7 Å². The minimum absolute atomic E-state index is 0.553. The molecule has 3 rings (SSSR count). The molecule has 0 radical (unpaired) electrons. The predicted octanol–water partition coefficient (Wildman–Crippen LogP) is 2.84. The van der Waals surface area contributed by atoms with Gasteiger partial charge in [0.05, 0.1) is 30.0 Å². The lowest BCUT2D eigenvalue weighted by atomic mass is 10.1. The van der Waals surface area contributed by atoms with Crippen LogP contribution in [0.1, 0.15) is 11.3 Å². The number of ether oxygens (including phenoxy) is 1. The van der Waals surface area contributed by atoms with Crippen molar-refractivity contribution in [3.05, 3.63) is 66.1 Å². The Kier molecular flexibility index (Phi) is 6.54. The van der Waals surface area contributed by atoms with Crippen molar-refractivity contribution in [3.8, 4) is 0 Å². The second kappa shape index (κ2) is 9.48. The zero-order chi connectivity index (χ0) is 19.8. The lowest BCUT2D eigenvalue weighted by Crippen LogP contribution is -2.07. The van der Waals surface area contributed by atoms with Crippen LogP contribution < -0.4 is 16.8 Å². The van der Waals surface area contributed by atoms with E-state index in [1.807, 2.05) is 36.4 Å². The summed E-state index contributed by atoms with van der Waals surface area (Å²) in [6.45, 7) is 1.71. The van der Waals surface area contributed by atoms with E-state index in [-0.39, 0.29) is 0 Å². The van der Waals surface area contributed by atoms with Crippen LogP contribution >= 0.6 is 0 Å². The molecule has 0 aliphatic heterocycles. The zero-order valence-corrected chi connectivity index (χ0v) is 15.8. The second-order valence-electron chi connectivity index (χ2n) is 6.17. The first kappa shape index (κ1) is 19.3. The summed E-state index contributed by atoms with van der Waals surface area (Å²) in [6.07, 6.45) is 4.96. The summed E-state index contributed by atoms with van der Waals surface area (Å²) in [4.78, 5) is 13.2. The molecule has 3 aromatic rings. The van der Waals surface area contributed by atoms with Gasteiger partial charge in [-0.15, -0.1) is 0 Å². The van der Waals surface area contributed by atoms with Gasteiger partial charge < -0.3 is 21.5 Å². The molecule has 5 N–H and O–H groups in total. The van der Waals surface area contributed by atoms with E-state index in [1.54, 1.807) is 19.5 Å². The number of nitrogens with zero attached hydrogens (tertiary/aromatic N) is 3. The van der Waals surface area contributed by atoms with Crippen LogP contribution in [0, 0.1) is 0 Å². The molecule has 1 aromatic carbocycles. The number of methoxy groups -OCH3 is 1. The number of nitrogens with two attached hydrogens (primary N) is 2. The molecule has 0 unspecified atom stereocenters. The smallest absolute Gasteiger partial charge is 0.150 e. The maximum absolute atomic E-state index is 6.09. The number of aromatic nitrogens is 2. The van der Waals surface area contributed by atoms with Crippen LogP contribution in [-0.4, -0.2) is 36.4 Å². The van der Waals surface area contributed by atoms with Crippen molar-refractivity contribution in [2.45, 2.75) is 6.54 Å². The molecule has 0 saturated heterocycles. The molecule has 7 heteroatoms. The van der Waals surface area contributed by atoms with E-state index < -0.39 is 0 Å². The van der Waals surface area contributed by atoms with Crippen LogP contribution in [0.3, 0.4) is 0 Å². The molecule has 0 aliphatic rings. The number of pyridine rings is 2. The molecule has 0 saturated carbocycles. The minimum Gasteiger partial charge on any atom is -0.404 e. The highest BCUT2D eigenvalue weighted by atomic mass is 16.5. The van der Waals surface area contributed by atoms with Crippen molar-refractivity contribution in [3.63, 3.8) is 0 Å². The summed E-state index contributed by atoms with van der Waals surface area (Å²) < 4.78 is 4.99. The number of benzene rings is 1. The van der Waals surface area contributed by atoms with E-state index in [0.717, 1.165) is 22.0 Å². The molecule has 28 heavy (non-hydrogen) atoms. The Bertz CT molecular complexity index is 999. The van der Waals surface area contributed by atoms with E-state index in [2.05, 4.69) is 26.3 Å². The number of rotatable bonds is 8. The topological polar surface area (TPSA) is 111 Å². The third kappa shape index (κ3) is 4.83. The fourth-order valence-corrected chi connectivity index (χ4v) is 2.69. The number of nitrogens with one attached hydrogen (secondary N) is 1. The Morgan fingerprint density at radius 1 is 1.25 bits per heavy atom. The SMILES string of the molecule is COCCN=CC(=CN)c1ccc(N)c(NCc2ccc3ncccc3c2)n1. The van der Waals surface area contributed by atoms with Gasteiger partial charge in [-0.1, -0.05) is 12.1 Å². The van der Waals surface area contributed by atoms with E-state index in [1.165, 1.54) is 6.20 Å². The summed E-state index contributed by atoms with van der Waals surface area (Å²) in [5.41, 5.74) is 15.9. The van der Waals surface area contributed by atoms with Crippen LogP contribution in [0.25, 0.3) is 16.5 Å². The molecule has 7 nitrogen and oxygen atoms in total.